The van der Waals surface area contributed by atoms with Gasteiger partial charge in [-0.2, -0.15) is 0 Å². The molecule has 1 heteroatoms. The van der Waals surface area contributed by atoms with Gasteiger partial charge in [-0.25, -0.2) is 0 Å². The second kappa shape index (κ2) is 3.70. The third-order valence-electron chi connectivity index (χ3n) is 2.41. The van der Waals surface area contributed by atoms with Crippen LogP contribution in [0, 0.1) is 0 Å². The molecule has 0 aliphatic rings. The number of aromatic nitrogens is 1. The summed E-state index contributed by atoms with van der Waals surface area (Å²) in [6.07, 6.45) is 2.12. The van der Waals surface area contributed by atoms with Crippen LogP contribution in [0.3, 0.4) is 0 Å². The molecule has 0 fully saturated rings. The van der Waals surface area contributed by atoms with Crippen molar-refractivity contribution >= 4 is 0 Å². The van der Waals surface area contributed by atoms with Crippen LogP contribution in [-0.4, -0.2) is 4.57 Å². The summed E-state index contributed by atoms with van der Waals surface area (Å²) in [5.41, 5.74) is 2.59. The van der Waals surface area contributed by atoms with Gasteiger partial charge in [0.25, 0.3) is 0 Å². The average Bonchev–Trinajstić information content (AvgIpc) is 2.67. The third kappa shape index (κ3) is 1.58. The first-order chi connectivity index (χ1) is 6.79. The van der Waals surface area contributed by atoms with Crippen LogP contribution in [0.1, 0.15) is 25.5 Å². The average molecular weight is 185 g/mol. The Morgan fingerprint density at radius 2 is 1.64 bits per heavy atom. The SMILES string of the molecule is CC(C)c1cccn1-c1ccccc1. The fraction of sp³-hybridized carbons (Fsp3) is 0.231. The maximum absolute atomic E-state index is 2.24. The molecule has 1 nitrogen and oxygen atoms in total. The second-order valence-electron chi connectivity index (χ2n) is 3.79. The molecule has 14 heavy (non-hydrogen) atoms. The van der Waals surface area contributed by atoms with E-state index in [2.05, 4.69) is 61.0 Å². The molecule has 1 aromatic heterocycles. The summed E-state index contributed by atoms with van der Waals surface area (Å²) in [6.45, 7) is 4.43. The Kier molecular flexibility index (Phi) is 2.40. The van der Waals surface area contributed by atoms with Crippen molar-refractivity contribution in [3.8, 4) is 5.69 Å². The molecule has 0 atom stereocenters. The standard InChI is InChI=1S/C13H15N/c1-11(2)13-9-6-10-14(13)12-7-4-3-5-8-12/h3-11H,1-2H3. The van der Waals surface area contributed by atoms with Crippen molar-refractivity contribution in [1.29, 1.82) is 0 Å². The minimum Gasteiger partial charge on any atom is -0.321 e. The zero-order chi connectivity index (χ0) is 9.97. The molecule has 0 N–H and O–H groups in total. The summed E-state index contributed by atoms with van der Waals surface area (Å²) in [7, 11) is 0. The van der Waals surface area contributed by atoms with Crippen molar-refractivity contribution in [1.82, 2.24) is 4.57 Å². The molecule has 0 radical (unpaired) electrons. The molecule has 1 aromatic carbocycles. The molecule has 0 spiro atoms. The highest BCUT2D eigenvalue weighted by Crippen LogP contribution is 2.19. The van der Waals surface area contributed by atoms with E-state index < -0.39 is 0 Å². The molecule has 0 bridgehead atoms. The Labute approximate surface area is 85.0 Å². The Balaban J connectivity index is 2.47. The van der Waals surface area contributed by atoms with Crippen LogP contribution in [0.5, 0.6) is 0 Å². The van der Waals surface area contributed by atoms with Gasteiger partial charge < -0.3 is 4.57 Å². The molecule has 0 unspecified atom stereocenters. The first kappa shape index (κ1) is 9.07. The minimum absolute atomic E-state index is 0.560. The summed E-state index contributed by atoms with van der Waals surface area (Å²) < 4.78 is 2.24. The predicted molar refractivity (Wildman–Crippen MR) is 59.9 cm³/mol. The zero-order valence-electron chi connectivity index (χ0n) is 8.64. The van der Waals surface area contributed by atoms with Gasteiger partial charge in [-0.15, -0.1) is 0 Å². The smallest absolute Gasteiger partial charge is 0.0452 e. The summed E-state index contributed by atoms with van der Waals surface area (Å²) in [4.78, 5) is 0. The van der Waals surface area contributed by atoms with Crippen molar-refractivity contribution in [2.75, 3.05) is 0 Å². The maximum Gasteiger partial charge on any atom is 0.0452 e. The van der Waals surface area contributed by atoms with Crippen molar-refractivity contribution in [3.63, 3.8) is 0 Å². The second-order valence-corrected chi connectivity index (χ2v) is 3.79. The van der Waals surface area contributed by atoms with Gasteiger partial charge in [0.2, 0.25) is 0 Å². The van der Waals surface area contributed by atoms with Gasteiger partial charge in [-0.1, -0.05) is 32.0 Å². The molecule has 0 saturated carbocycles. The van der Waals surface area contributed by atoms with E-state index in [0.717, 1.165) is 0 Å². The number of rotatable bonds is 2. The lowest BCUT2D eigenvalue weighted by atomic mass is 10.1. The highest BCUT2D eigenvalue weighted by molar-refractivity contribution is 5.35. The minimum atomic E-state index is 0.560. The summed E-state index contributed by atoms with van der Waals surface area (Å²) in [6, 6.07) is 14.7. The van der Waals surface area contributed by atoms with Crippen molar-refractivity contribution in [3.05, 3.63) is 54.4 Å². The van der Waals surface area contributed by atoms with Crippen LogP contribution in [0.15, 0.2) is 48.7 Å². The molecular formula is C13H15N. The predicted octanol–water partition coefficient (Wildman–Crippen LogP) is 3.60. The van der Waals surface area contributed by atoms with Gasteiger partial charge in [-0.3, -0.25) is 0 Å². The number of para-hydroxylation sites is 1. The van der Waals surface area contributed by atoms with Crippen LogP contribution < -0.4 is 0 Å². The van der Waals surface area contributed by atoms with Crippen molar-refractivity contribution < 1.29 is 0 Å². The molecule has 2 rings (SSSR count). The first-order valence-electron chi connectivity index (χ1n) is 5.01. The fourth-order valence-electron chi connectivity index (χ4n) is 1.69. The van der Waals surface area contributed by atoms with E-state index in [0.29, 0.717) is 5.92 Å². The number of benzene rings is 1. The maximum atomic E-state index is 2.24. The quantitative estimate of drug-likeness (QED) is 0.673. The summed E-state index contributed by atoms with van der Waals surface area (Å²) >= 11 is 0. The van der Waals surface area contributed by atoms with E-state index in [-0.39, 0.29) is 0 Å². The summed E-state index contributed by atoms with van der Waals surface area (Å²) in [5.74, 6) is 0.560. The van der Waals surface area contributed by atoms with Crippen LogP contribution in [0.25, 0.3) is 5.69 Å². The van der Waals surface area contributed by atoms with Crippen LogP contribution in [-0.2, 0) is 0 Å². The third-order valence-corrected chi connectivity index (χ3v) is 2.41. The van der Waals surface area contributed by atoms with Gasteiger partial charge >= 0.3 is 0 Å². The number of nitrogens with zero attached hydrogens (tertiary/aromatic N) is 1. The molecule has 72 valence electrons. The topological polar surface area (TPSA) is 4.93 Å². The van der Waals surface area contributed by atoms with Crippen molar-refractivity contribution in [2.45, 2.75) is 19.8 Å². The number of hydrogen-bond donors (Lipinski definition) is 0. The fourth-order valence-corrected chi connectivity index (χ4v) is 1.69. The van der Waals surface area contributed by atoms with Crippen LogP contribution in [0.2, 0.25) is 0 Å². The zero-order valence-corrected chi connectivity index (χ0v) is 8.64. The Hall–Kier alpha value is -1.50. The van der Waals surface area contributed by atoms with E-state index in [4.69, 9.17) is 0 Å². The van der Waals surface area contributed by atoms with Gasteiger partial charge in [0.1, 0.15) is 0 Å². The number of hydrogen-bond acceptors (Lipinski definition) is 0. The van der Waals surface area contributed by atoms with Gasteiger partial charge in [-0.05, 0) is 30.2 Å². The Morgan fingerprint density at radius 3 is 2.29 bits per heavy atom. The molecule has 2 aromatic rings. The highest BCUT2D eigenvalue weighted by Gasteiger charge is 2.05. The Morgan fingerprint density at radius 1 is 0.929 bits per heavy atom. The van der Waals surface area contributed by atoms with E-state index >= 15 is 0 Å². The molecule has 1 heterocycles. The highest BCUT2D eigenvalue weighted by atomic mass is 15.0. The van der Waals surface area contributed by atoms with E-state index in [1.165, 1.54) is 11.4 Å². The molecular weight excluding hydrogens is 170 g/mol. The molecule has 0 saturated heterocycles. The molecule has 0 aliphatic heterocycles. The largest absolute Gasteiger partial charge is 0.321 e. The first-order valence-corrected chi connectivity index (χ1v) is 5.01. The molecule has 0 amide bonds. The van der Waals surface area contributed by atoms with Crippen LogP contribution >= 0.6 is 0 Å². The van der Waals surface area contributed by atoms with Gasteiger partial charge in [0.05, 0.1) is 0 Å². The van der Waals surface area contributed by atoms with Gasteiger partial charge in [0, 0.05) is 17.6 Å². The summed E-state index contributed by atoms with van der Waals surface area (Å²) in [5, 5.41) is 0. The van der Waals surface area contributed by atoms with E-state index in [9.17, 15) is 0 Å². The van der Waals surface area contributed by atoms with Crippen LogP contribution in [0.4, 0.5) is 0 Å². The Bertz CT molecular complexity index is 398. The lowest BCUT2D eigenvalue weighted by Crippen LogP contribution is -1.99. The van der Waals surface area contributed by atoms with Gasteiger partial charge in [0.15, 0.2) is 0 Å². The normalized spacial score (nSPS) is 10.8. The van der Waals surface area contributed by atoms with E-state index in [1.54, 1.807) is 0 Å². The lowest BCUT2D eigenvalue weighted by molar-refractivity contribution is 0.787. The van der Waals surface area contributed by atoms with E-state index in [1.807, 2.05) is 6.07 Å². The van der Waals surface area contributed by atoms with Crippen molar-refractivity contribution in [2.24, 2.45) is 0 Å². The lowest BCUT2D eigenvalue weighted by Gasteiger charge is -2.11. The molecule has 0 aliphatic carbocycles. The monoisotopic (exact) mass is 185 g/mol.